The number of hydrogen-bond donors (Lipinski definition) is 0. The number of halogens is 2. The number of hydrogen-bond acceptors (Lipinski definition) is 0. The average molecular weight is 181 g/mol. The minimum atomic E-state index is -1.64. The SMILES string of the molecule is [CH2]CC(C=C(F)F)c1ccccc1. The Kier molecular flexibility index (Phi) is 3.62. The fourth-order valence-electron chi connectivity index (χ4n) is 1.20. The van der Waals surface area contributed by atoms with Gasteiger partial charge in [-0.3, -0.25) is 0 Å². The smallest absolute Gasteiger partial charge is 0.174 e. The van der Waals surface area contributed by atoms with Gasteiger partial charge in [0.25, 0.3) is 6.08 Å². The van der Waals surface area contributed by atoms with Crippen molar-refractivity contribution in [2.75, 3.05) is 0 Å². The zero-order valence-corrected chi connectivity index (χ0v) is 7.21. The molecule has 13 heavy (non-hydrogen) atoms. The van der Waals surface area contributed by atoms with E-state index in [9.17, 15) is 8.78 Å². The number of benzene rings is 1. The minimum absolute atomic E-state index is 0.272. The summed E-state index contributed by atoms with van der Waals surface area (Å²) < 4.78 is 24.0. The van der Waals surface area contributed by atoms with Crippen LogP contribution in [0.15, 0.2) is 42.5 Å². The molecular weight excluding hydrogens is 170 g/mol. The van der Waals surface area contributed by atoms with Crippen molar-refractivity contribution in [1.82, 2.24) is 0 Å². The van der Waals surface area contributed by atoms with Crippen molar-refractivity contribution >= 4 is 0 Å². The Bertz CT molecular complexity index is 273. The fraction of sp³-hybridized carbons (Fsp3) is 0.182. The molecule has 0 N–H and O–H groups in total. The number of allylic oxidation sites excluding steroid dienone is 1. The lowest BCUT2D eigenvalue weighted by molar-refractivity contribution is 0.414. The monoisotopic (exact) mass is 181 g/mol. The zero-order valence-electron chi connectivity index (χ0n) is 7.21. The van der Waals surface area contributed by atoms with E-state index in [4.69, 9.17) is 0 Å². The van der Waals surface area contributed by atoms with Gasteiger partial charge >= 0.3 is 0 Å². The van der Waals surface area contributed by atoms with Gasteiger partial charge in [0.15, 0.2) is 0 Å². The molecule has 69 valence electrons. The molecule has 1 unspecified atom stereocenters. The van der Waals surface area contributed by atoms with Crippen molar-refractivity contribution in [1.29, 1.82) is 0 Å². The van der Waals surface area contributed by atoms with Gasteiger partial charge in [0.05, 0.1) is 0 Å². The van der Waals surface area contributed by atoms with Crippen LogP contribution in [0.25, 0.3) is 0 Å². The second-order valence-electron chi connectivity index (χ2n) is 2.76. The molecule has 0 bridgehead atoms. The third kappa shape index (κ3) is 2.98. The lowest BCUT2D eigenvalue weighted by atomic mass is 9.97. The second-order valence-corrected chi connectivity index (χ2v) is 2.76. The van der Waals surface area contributed by atoms with E-state index in [-0.39, 0.29) is 5.92 Å². The van der Waals surface area contributed by atoms with Crippen LogP contribution < -0.4 is 0 Å². The molecule has 1 atom stereocenters. The molecule has 0 aromatic heterocycles. The van der Waals surface area contributed by atoms with E-state index < -0.39 is 6.08 Å². The van der Waals surface area contributed by atoms with Crippen molar-refractivity contribution in [3.05, 3.63) is 55.0 Å². The Morgan fingerprint density at radius 1 is 1.31 bits per heavy atom. The Hall–Kier alpha value is -1.18. The summed E-state index contributed by atoms with van der Waals surface area (Å²) in [4.78, 5) is 0. The summed E-state index contributed by atoms with van der Waals surface area (Å²) in [5, 5.41) is 0. The molecule has 1 radical (unpaired) electrons. The van der Waals surface area contributed by atoms with E-state index in [1.54, 1.807) is 0 Å². The molecule has 0 spiro atoms. The van der Waals surface area contributed by atoms with Gasteiger partial charge < -0.3 is 0 Å². The van der Waals surface area contributed by atoms with Crippen LogP contribution in [0.4, 0.5) is 8.78 Å². The van der Waals surface area contributed by atoms with Crippen LogP contribution in [0, 0.1) is 6.92 Å². The van der Waals surface area contributed by atoms with E-state index >= 15 is 0 Å². The maximum Gasteiger partial charge on any atom is 0.266 e. The van der Waals surface area contributed by atoms with Crippen molar-refractivity contribution in [3.63, 3.8) is 0 Å². The van der Waals surface area contributed by atoms with Crippen LogP contribution in [0.3, 0.4) is 0 Å². The predicted molar refractivity (Wildman–Crippen MR) is 49.5 cm³/mol. The molecule has 0 aliphatic carbocycles. The van der Waals surface area contributed by atoms with Crippen LogP contribution in [0.1, 0.15) is 17.9 Å². The molecule has 0 saturated carbocycles. The third-order valence-electron chi connectivity index (χ3n) is 1.87. The Balaban J connectivity index is 2.85. The van der Waals surface area contributed by atoms with E-state index in [1.165, 1.54) is 0 Å². The summed E-state index contributed by atoms with van der Waals surface area (Å²) in [5.41, 5.74) is 0.880. The molecule has 0 nitrogen and oxygen atoms in total. The summed E-state index contributed by atoms with van der Waals surface area (Å²) in [6.45, 7) is 3.64. The first kappa shape index (κ1) is 9.90. The predicted octanol–water partition coefficient (Wildman–Crippen LogP) is 3.77. The van der Waals surface area contributed by atoms with Gasteiger partial charge in [0.2, 0.25) is 0 Å². The summed E-state index contributed by atoms with van der Waals surface area (Å²) in [7, 11) is 0. The highest BCUT2D eigenvalue weighted by atomic mass is 19.3. The maximum atomic E-state index is 12.0. The largest absolute Gasteiger partial charge is 0.266 e. The summed E-state index contributed by atoms with van der Waals surface area (Å²) in [6, 6.07) is 9.19. The highest BCUT2D eigenvalue weighted by Crippen LogP contribution is 2.22. The van der Waals surface area contributed by atoms with Crippen LogP contribution in [-0.4, -0.2) is 0 Å². The van der Waals surface area contributed by atoms with Gasteiger partial charge in [-0.2, -0.15) is 8.78 Å². The van der Waals surface area contributed by atoms with Crippen LogP contribution in [0.2, 0.25) is 0 Å². The minimum Gasteiger partial charge on any atom is -0.174 e. The van der Waals surface area contributed by atoms with Gasteiger partial charge in [-0.1, -0.05) is 37.3 Å². The van der Waals surface area contributed by atoms with Crippen molar-refractivity contribution < 1.29 is 8.78 Å². The molecule has 2 heteroatoms. The van der Waals surface area contributed by atoms with Gasteiger partial charge in [-0.15, -0.1) is 0 Å². The molecular formula is C11H11F2. The molecule has 1 aromatic carbocycles. The number of rotatable bonds is 3. The summed E-state index contributed by atoms with van der Waals surface area (Å²) >= 11 is 0. The summed E-state index contributed by atoms with van der Waals surface area (Å²) in [5.74, 6) is -0.272. The molecule has 0 heterocycles. The molecule has 0 aliphatic heterocycles. The van der Waals surface area contributed by atoms with Crippen molar-refractivity contribution in [3.8, 4) is 0 Å². The molecule has 0 saturated heterocycles. The molecule has 0 fully saturated rings. The molecule has 0 aliphatic rings. The second kappa shape index (κ2) is 4.75. The first-order chi connectivity index (χ1) is 6.24. The normalized spacial score (nSPS) is 12.2. The standard InChI is InChI=1S/C11H11F2/c1-2-9(8-11(12)13)10-6-4-3-5-7-10/h3-9H,1-2H2. The topological polar surface area (TPSA) is 0 Å². The van der Waals surface area contributed by atoms with Crippen molar-refractivity contribution in [2.45, 2.75) is 12.3 Å². The quantitative estimate of drug-likeness (QED) is 0.665. The van der Waals surface area contributed by atoms with Crippen LogP contribution >= 0.6 is 0 Å². The maximum absolute atomic E-state index is 12.0. The lowest BCUT2D eigenvalue weighted by Crippen LogP contribution is -1.92. The van der Waals surface area contributed by atoms with Crippen LogP contribution in [-0.2, 0) is 0 Å². The Morgan fingerprint density at radius 2 is 1.92 bits per heavy atom. The first-order valence-electron chi connectivity index (χ1n) is 4.11. The van der Waals surface area contributed by atoms with E-state index in [0.29, 0.717) is 6.42 Å². The first-order valence-corrected chi connectivity index (χ1v) is 4.11. The van der Waals surface area contributed by atoms with E-state index in [2.05, 4.69) is 6.92 Å². The molecule has 0 amide bonds. The van der Waals surface area contributed by atoms with Crippen LogP contribution in [0.5, 0.6) is 0 Å². The van der Waals surface area contributed by atoms with Gasteiger partial charge in [-0.25, -0.2) is 0 Å². The van der Waals surface area contributed by atoms with Gasteiger partial charge in [-0.05, 0) is 18.1 Å². The van der Waals surface area contributed by atoms with E-state index in [1.807, 2.05) is 30.3 Å². The zero-order chi connectivity index (χ0) is 9.68. The van der Waals surface area contributed by atoms with E-state index in [0.717, 1.165) is 11.6 Å². The summed E-state index contributed by atoms with van der Waals surface area (Å²) in [6.07, 6.45) is -0.249. The highest BCUT2D eigenvalue weighted by Gasteiger charge is 2.06. The van der Waals surface area contributed by atoms with Gasteiger partial charge in [0.1, 0.15) is 0 Å². The fourth-order valence-corrected chi connectivity index (χ4v) is 1.20. The van der Waals surface area contributed by atoms with Crippen molar-refractivity contribution in [2.24, 2.45) is 0 Å². The highest BCUT2D eigenvalue weighted by molar-refractivity contribution is 5.23. The lowest BCUT2D eigenvalue weighted by Gasteiger charge is -2.08. The Labute approximate surface area is 76.9 Å². The Morgan fingerprint density at radius 3 is 2.38 bits per heavy atom. The molecule has 1 rings (SSSR count). The third-order valence-corrected chi connectivity index (χ3v) is 1.87. The van der Waals surface area contributed by atoms with Gasteiger partial charge in [0, 0.05) is 5.92 Å². The average Bonchev–Trinajstić information content (AvgIpc) is 2.15. The molecule has 1 aromatic rings.